The average molecular weight is 325 g/mol. The molecule has 0 unspecified atom stereocenters. The van der Waals surface area contributed by atoms with E-state index in [1.165, 1.54) is 11.1 Å². The highest BCUT2D eigenvalue weighted by atomic mass is 16.6. The summed E-state index contributed by atoms with van der Waals surface area (Å²) in [6, 6.07) is 11.9. The number of hydrogen-bond acceptors (Lipinski definition) is 4. The monoisotopic (exact) mass is 325 g/mol. The normalized spacial score (nSPS) is 14.0. The van der Waals surface area contributed by atoms with Gasteiger partial charge >= 0.3 is 0 Å². The summed E-state index contributed by atoms with van der Waals surface area (Å²) in [6.07, 6.45) is 2.21. The smallest absolute Gasteiger partial charge is 0.292 e. The van der Waals surface area contributed by atoms with Crippen LogP contribution in [0, 0.1) is 24.0 Å². The fraction of sp³-hybridized carbons (Fsp3) is 0.368. The molecule has 5 heteroatoms. The summed E-state index contributed by atoms with van der Waals surface area (Å²) in [7, 11) is 0. The minimum absolute atomic E-state index is 0.205. The highest BCUT2D eigenvalue weighted by molar-refractivity contribution is 5.65. The molecule has 126 valence electrons. The molecule has 1 fully saturated rings. The number of nitrogens with zero attached hydrogens (tertiary/aromatic N) is 2. The van der Waals surface area contributed by atoms with Crippen LogP contribution in [-0.4, -0.2) is 18.0 Å². The fourth-order valence-electron chi connectivity index (χ4n) is 3.33. The van der Waals surface area contributed by atoms with Crippen molar-refractivity contribution >= 4 is 17.1 Å². The van der Waals surface area contributed by atoms with Crippen molar-refractivity contribution in [2.75, 3.05) is 23.3 Å². The van der Waals surface area contributed by atoms with E-state index in [1.54, 1.807) is 6.07 Å². The third-order valence-electron chi connectivity index (χ3n) is 4.40. The summed E-state index contributed by atoms with van der Waals surface area (Å²) in [5, 5.41) is 14.8. The maximum absolute atomic E-state index is 11.5. The van der Waals surface area contributed by atoms with Crippen molar-refractivity contribution in [2.45, 2.75) is 33.2 Å². The van der Waals surface area contributed by atoms with Crippen LogP contribution in [0.2, 0.25) is 0 Å². The molecule has 0 radical (unpaired) electrons. The molecule has 1 saturated heterocycles. The number of aryl methyl sites for hydroxylation is 2. The van der Waals surface area contributed by atoms with E-state index in [9.17, 15) is 10.1 Å². The predicted octanol–water partition coefficient (Wildman–Crippen LogP) is 4.42. The molecular formula is C19H23N3O2. The lowest BCUT2D eigenvalue weighted by molar-refractivity contribution is -0.384. The topological polar surface area (TPSA) is 58.4 Å². The van der Waals surface area contributed by atoms with E-state index in [4.69, 9.17) is 0 Å². The van der Waals surface area contributed by atoms with Crippen LogP contribution < -0.4 is 10.2 Å². The van der Waals surface area contributed by atoms with E-state index >= 15 is 0 Å². The first-order valence-corrected chi connectivity index (χ1v) is 8.37. The van der Waals surface area contributed by atoms with Gasteiger partial charge in [0.05, 0.1) is 4.92 Å². The van der Waals surface area contributed by atoms with E-state index in [0.717, 1.165) is 42.9 Å². The van der Waals surface area contributed by atoms with Crippen molar-refractivity contribution in [2.24, 2.45) is 0 Å². The van der Waals surface area contributed by atoms with Gasteiger partial charge in [-0.05, 0) is 61.6 Å². The molecule has 3 rings (SSSR count). The maximum Gasteiger partial charge on any atom is 0.292 e. The Kier molecular flexibility index (Phi) is 4.69. The van der Waals surface area contributed by atoms with Crippen LogP contribution in [0.25, 0.3) is 0 Å². The molecule has 1 N–H and O–H groups in total. The van der Waals surface area contributed by atoms with Gasteiger partial charge in [0.2, 0.25) is 0 Å². The molecule has 2 aromatic carbocycles. The Morgan fingerprint density at radius 2 is 1.75 bits per heavy atom. The lowest BCUT2D eigenvalue weighted by Crippen LogP contribution is -2.19. The molecule has 0 aromatic heterocycles. The Hall–Kier alpha value is -2.56. The zero-order valence-electron chi connectivity index (χ0n) is 14.2. The summed E-state index contributed by atoms with van der Waals surface area (Å²) in [4.78, 5) is 13.3. The van der Waals surface area contributed by atoms with Crippen LogP contribution in [0.5, 0.6) is 0 Å². The van der Waals surface area contributed by atoms with Crippen molar-refractivity contribution < 1.29 is 4.92 Å². The third kappa shape index (κ3) is 3.67. The number of nitro benzene ring substituents is 1. The molecule has 0 saturated carbocycles. The minimum atomic E-state index is -0.270. The molecule has 0 spiro atoms. The minimum Gasteiger partial charge on any atom is -0.381 e. The van der Waals surface area contributed by atoms with E-state index in [1.807, 2.05) is 12.1 Å². The van der Waals surface area contributed by atoms with Crippen molar-refractivity contribution in [1.29, 1.82) is 0 Å². The van der Waals surface area contributed by atoms with Crippen LogP contribution in [0.1, 0.15) is 29.5 Å². The molecule has 0 amide bonds. The first kappa shape index (κ1) is 16.3. The van der Waals surface area contributed by atoms with Crippen LogP contribution in [0.4, 0.5) is 17.1 Å². The van der Waals surface area contributed by atoms with E-state index < -0.39 is 0 Å². The molecule has 2 aromatic rings. The summed E-state index contributed by atoms with van der Waals surface area (Å²) in [6.45, 7) is 6.51. The van der Waals surface area contributed by atoms with E-state index in [-0.39, 0.29) is 10.6 Å². The van der Waals surface area contributed by atoms with E-state index in [0.29, 0.717) is 6.54 Å². The van der Waals surface area contributed by atoms with Crippen LogP contribution in [0.15, 0.2) is 36.4 Å². The maximum atomic E-state index is 11.5. The number of nitrogens with one attached hydrogen (secondary N) is 1. The highest BCUT2D eigenvalue weighted by Crippen LogP contribution is 2.31. The number of benzene rings is 2. The summed E-state index contributed by atoms with van der Waals surface area (Å²) in [5.74, 6) is 0. The SMILES string of the molecule is Cc1cc(C)cc(NCc2ccc(N3CCCC3)c([N+](=O)[O-])c2)c1. The Balaban J connectivity index is 1.78. The largest absolute Gasteiger partial charge is 0.381 e. The second-order valence-corrected chi connectivity index (χ2v) is 6.50. The summed E-state index contributed by atoms with van der Waals surface area (Å²) < 4.78 is 0. The molecule has 0 atom stereocenters. The zero-order valence-corrected chi connectivity index (χ0v) is 14.2. The first-order valence-electron chi connectivity index (χ1n) is 8.37. The predicted molar refractivity (Wildman–Crippen MR) is 97.8 cm³/mol. The summed E-state index contributed by atoms with van der Waals surface area (Å²) >= 11 is 0. The number of rotatable bonds is 5. The van der Waals surface area contributed by atoms with Crippen molar-refractivity contribution in [3.05, 3.63) is 63.2 Å². The highest BCUT2D eigenvalue weighted by Gasteiger charge is 2.22. The average Bonchev–Trinajstić information content (AvgIpc) is 3.06. The van der Waals surface area contributed by atoms with Gasteiger partial charge in [-0.1, -0.05) is 12.1 Å². The van der Waals surface area contributed by atoms with Gasteiger partial charge in [0, 0.05) is 31.4 Å². The van der Waals surface area contributed by atoms with Crippen LogP contribution >= 0.6 is 0 Å². The quantitative estimate of drug-likeness (QED) is 0.653. The zero-order chi connectivity index (χ0) is 17.1. The number of nitro groups is 1. The Labute approximate surface area is 142 Å². The van der Waals surface area contributed by atoms with E-state index in [2.05, 4.69) is 42.3 Å². The van der Waals surface area contributed by atoms with Gasteiger partial charge < -0.3 is 10.2 Å². The van der Waals surface area contributed by atoms with Gasteiger partial charge in [0.1, 0.15) is 5.69 Å². The van der Waals surface area contributed by atoms with Gasteiger partial charge in [-0.2, -0.15) is 0 Å². The molecule has 24 heavy (non-hydrogen) atoms. The van der Waals surface area contributed by atoms with Gasteiger partial charge in [-0.15, -0.1) is 0 Å². The van der Waals surface area contributed by atoms with Crippen molar-refractivity contribution in [3.63, 3.8) is 0 Å². The van der Waals surface area contributed by atoms with Gasteiger partial charge in [-0.3, -0.25) is 10.1 Å². The summed E-state index contributed by atoms with van der Waals surface area (Å²) in [5.41, 5.74) is 5.31. The lowest BCUT2D eigenvalue weighted by atomic mass is 10.1. The number of anilines is 2. The third-order valence-corrected chi connectivity index (χ3v) is 4.40. The molecule has 0 aliphatic carbocycles. The second-order valence-electron chi connectivity index (χ2n) is 6.50. The Morgan fingerprint density at radius 3 is 2.38 bits per heavy atom. The molecule has 1 aliphatic rings. The van der Waals surface area contributed by atoms with Crippen LogP contribution in [0.3, 0.4) is 0 Å². The Bertz CT molecular complexity index is 732. The molecule has 1 heterocycles. The lowest BCUT2D eigenvalue weighted by Gasteiger charge is -2.18. The van der Waals surface area contributed by atoms with Crippen molar-refractivity contribution in [1.82, 2.24) is 0 Å². The van der Waals surface area contributed by atoms with Crippen LogP contribution in [-0.2, 0) is 6.54 Å². The van der Waals surface area contributed by atoms with Gasteiger partial charge in [-0.25, -0.2) is 0 Å². The molecule has 1 aliphatic heterocycles. The first-order chi connectivity index (χ1) is 11.5. The second kappa shape index (κ2) is 6.91. The number of hydrogen-bond donors (Lipinski definition) is 1. The van der Waals surface area contributed by atoms with Crippen molar-refractivity contribution in [3.8, 4) is 0 Å². The van der Waals surface area contributed by atoms with Gasteiger partial charge in [0.25, 0.3) is 5.69 Å². The fourth-order valence-corrected chi connectivity index (χ4v) is 3.33. The molecule has 5 nitrogen and oxygen atoms in total. The standard InChI is InChI=1S/C19H23N3O2/c1-14-9-15(2)11-17(10-14)20-13-16-5-6-18(19(12-16)22(23)24)21-7-3-4-8-21/h5-6,9-12,20H,3-4,7-8,13H2,1-2H3. The Morgan fingerprint density at radius 1 is 1.08 bits per heavy atom. The molecule has 0 bridgehead atoms. The van der Waals surface area contributed by atoms with Gasteiger partial charge in [0.15, 0.2) is 0 Å². The molecular weight excluding hydrogens is 302 g/mol.